The standard InChI is InChI=1S/C17H16O5/c1-21-15(11-3-7-13(8-4-11)16(18)19)12-5-9-14(10-6-12)17(20)22-2/h3-10,15H,1-2H3,(H,18,19). The Morgan fingerprint density at radius 2 is 1.32 bits per heavy atom. The van der Waals surface area contributed by atoms with E-state index in [1.54, 1.807) is 43.5 Å². The van der Waals surface area contributed by atoms with Crippen molar-refractivity contribution in [3.8, 4) is 0 Å². The summed E-state index contributed by atoms with van der Waals surface area (Å²) in [6, 6.07) is 13.4. The topological polar surface area (TPSA) is 72.8 Å². The van der Waals surface area contributed by atoms with Gasteiger partial charge in [-0.3, -0.25) is 0 Å². The van der Waals surface area contributed by atoms with Gasteiger partial charge in [-0.15, -0.1) is 0 Å². The molecule has 0 fully saturated rings. The van der Waals surface area contributed by atoms with E-state index in [4.69, 9.17) is 9.84 Å². The lowest BCUT2D eigenvalue weighted by Gasteiger charge is -2.16. The molecule has 0 aliphatic heterocycles. The summed E-state index contributed by atoms with van der Waals surface area (Å²) in [5.74, 6) is -1.37. The number of carbonyl (C=O) groups is 2. The lowest BCUT2D eigenvalue weighted by molar-refractivity contribution is 0.0599. The lowest BCUT2D eigenvalue weighted by atomic mass is 9.99. The number of aromatic carboxylic acids is 1. The summed E-state index contributed by atoms with van der Waals surface area (Å²) in [6.07, 6.45) is -0.338. The first-order chi connectivity index (χ1) is 10.6. The minimum Gasteiger partial charge on any atom is -0.478 e. The van der Waals surface area contributed by atoms with E-state index in [0.717, 1.165) is 11.1 Å². The monoisotopic (exact) mass is 300 g/mol. The molecule has 2 aromatic rings. The highest BCUT2D eigenvalue weighted by atomic mass is 16.5. The molecule has 1 atom stereocenters. The maximum absolute atomic E-state index is 11.4. The van der Waals surface area contributed by atoms with Gasteiger partial charge in [0.25, 0.3) is 0 Å². The SMILES string of the molecule is COC(=O)c1ccc(C(OC)c2ccc(C(=O)O)cc2)cc1. The van der Waals surface area contributed by atoms with Crippen molar-refractivity contribution in [1.29, 1.82) is 0 Å². The average molecular weight is 300 g/mol. The van der Waals surface area contributed by atoms with Gasteiger partial charge in [0.15, 0.2) is 0 Å². The van der Waals surface area contributed by atoms with Gasteiger partial charge in [0.1, 0.15) is 6.10 Å². The van der Waals surface area contributed by atoms with Gasteiger partial charge in [0.05, 0.1) is 18.2 Å². The molecule has 0 heterocycles. The Balaban J connectivity index is 2.27. The molecule has 22 heavy (non-hydrogen) atoms. The van der Waals surface area contributed by atoms with Crippen molar-refractivity contribution in [3.63, 3.8) is 0 Å². The molecule has 1 unspecified atom stereocenters. The summed E-state index contributed by atoms with van der Waals surface area (Å²) in [5, 5.41) is 8.92. The number of hydrogen-bond donors (Lipinski definition) is 1. The predicted octanol–water partition coefficient (Wildman–Crippen LogP) is 2.91. The zero-order chi connectivity index (χ0) is 16.1. The smallest absolute Gasteiger partial charge is 0.337 e. The van der Waals surface area contributed by atoms with Crippen LogP contribution in [0.3, 0.4) is 0 Å². The van der Waals surface area contributed by atoms with Crippen LogP contribution in [0.4, 0.5) is 0 Å². The Hall–Kier alpha value is -2.66. The van der Waals surface area contributed by atoms with Gasteiger partial charge < -0.3 is 14.6 Å². The van der Waals surface area contributed by atoms with Crippen LogP contribution in [0.5, 0.6) is 0 Å². The maximum Gasteiger partial charge on any atom is 0.337 e. The number of esters is 1. The molecule has 0 saturated heterocycles. The van der Waals surface area contributed by atoms with Crippen molar-refractivity contribution < 1.29 is 24.2 Å². The second-order valence-electron chi connectivity index (χ2n) is 4.66. The fraction of sp³-hybridized carbons (Fsp3) is 0.176. The average Bonchev–Trinajstić information content (AvgIpc) is 2.56. The van der Waals surface area contributed by atoms with E-state index in [2.05, 4.69) is 4.74 Å². The number of carboxylic acids is 1. The molecule has 0 amide bonds. The van der Waals surface area contributed by atoms with Crippen LogP contribution in [-0.2, 0) is 9.47 Å². The summed E-state index contributed by atoms with van der Waals surface area (Å²) >= 11 is 0. The third kappa shape index (κ3) is 3.32. The van der Waals surface area contributed by atoms with Crippen LogP contribution in [0.25, 0.3) is 0 Å². The highest BCUT2D eigenvalue weighted by molar-refractivity contribution is 5.89. The van der Waals surface area contributed by atoms with Crippen molar-refractivity contribution in [2.75, 3.05) is 14.2 Å². The van der Waals surface area contributed by atoms with Crippen LogP contribution in [0.2, 0.25) is 0 Å². The Labute approximate surface area is 128 Å². The number of ether oxygens (including phenoxy) is 2. The summed E-state index contributed by atoms with van der Waals surface area (Å²) in [7, 11) is 2.90. The van der Waals surface area contributed by atoms with E-state index in [0.29, 0.717) is 5.56 Å². The van der Waals surface area contributed by atoms with E-state index in [-0.39, 0.29) is 11.7 Å². The van der Waals surface area contributed by atoms with E-state index in [1.807, 2.05) is 0 Å². The van der Waals surface area contributed by atoms with Crippen LogP contribution in [0, 0.1) is 0 Å². The van der Waals surface area contributed by atoms with E-state index >= 15 is 0 Å². The molecule has 114 valence electrons. The molecule has 0 spiro atoms. The highest BCUT2D eigenvalue weighted by Crippen LogP contribution is 2.26. The molecule has 0 radical (unpaired) electrons. The van der Waals surface area contributed by atoms with E-state index in [1.165, 1.54) is 19.2 Å². The molecular formula is C17H16O5. The number of carbonyl (C=O) groups excluding carboxylic acids is 1. The number of rotatable bonds is 5. The second-order valence-corrected chi connectivity index (χ2v) is 4.66. The quantitative estimate of drug-likeness (QED) is 0.859. The number of carboxylic acid groups (broad SMARTS) is 1. The van der Waals surface area contributed by atoms with Gasteiger partial charge >= 0.3 is 11.9 Å². The Morgan fingerprint density at radius 1 is 0.864 bits per heavy atom. The zero-order valence-electron chi connectivity index (χ0n) is 12.3. The van der Waals surface area contributed by atoms with Gasteiger partial charge in [-0.2, -0.15) is 0 Å². The van der Waals surface area contributed by atoms with Gasteiger partial charge in [-0.05, 0) is 35.4 Å². The fourth-order valence-electron chi connectivity index (χ4n) is 2.18. The van der Waals surface area contributed by atoms with Gasteiger partial charge in [0, 0.05) is 7.11 Å². The van der Waals surface area contributed by atoms with Gasteiger partial charge in [0.2, 0.25) is 0 Å². The summed E-state index contributed by atoms with van der Waals surface area (Å²) in [4.78, 5) is 22.3. The van der Waals surface area contributed by atoms with Crippen molar-refractivity contribution in [1.82, 2.24) is 0 Å². The third-order valence-electron chi connectivity index (χ3n) is 3.33. The predicted molar refractivity (Wildman–Crippen MR) is 80.0 cm³/mol. The lowest BCUT2D eigenvalue weighted by Crippen LogP contribution is -2.06. The first-order valence-electron chi connectivity index (χ1n) is 6.61. The molecule has 0 aliphatic carbocycles. The summed E-state index contributed by atoms with van der Waals surface area (Å²) < 4.78 is 10.1. The van der Waals surface area contributed by atoms with Crippen molar-refractivity contribution in [3.05, 3.63) is 70.8 Å². The van der Waals surface area contributed by atoms with Crippen LogP contribution >= 0.6 is 0 Å². The molecule has 5 heteroatoms. The largest absolute Gasteiger partial charge is 0.478 e. The van der Waals surface area contributed by atoms with E-state index in [9.17, 15) is 9.59 Å². The van der Waals surface area contributed by atoms with Crippen molar-refractivity contribution in [2.45, 2.75) is 6.10 Å². The Kier molecular flexibility index (Phi) is 4.91. The maximum atomic E-state index is 11.4. The molecule has 2 aromatic carbocycles. The number of methoxy groups -OCH3 is 2. The first kappa shape index (κ1) is 15.7. The summed E-state index contributed by atoms with van der Waals surface area (Å²) in [5.41, 5.74) is 2.37. The minimum atomic E-state index is -0.969. The van der Waals surface area contributed by atoms with Gasteiger partial charge in [-0.1, -0.05) is 24.3 Å². The normalized spacial score (nSPS) is 11.7. The molecule has 1 N–H and O–H groups in total. The molecule has 5 nitrogen and oxygen atoms in total. The van der Waals surface area contributed by atoms with Crippen LogP contribution < -0.4 is 0 Å². The molecule has 0 bridgehead atoms. The highest BCUT2D eigenvalue weighted by Gasteiger charge is 2.15. The van der Waals surface area contributed by atoms with Crippen LogP contribution in [-0.4, -0.2) is 31.3 Å². The molecule has 0 aromatic heterocycles. The second kappa shape index (κ2) is 6.87. The van der Waals surface area contributed by atoms with Crippen molar-refractivity contribution >= 4 is 11.9 Å². The molecule has 2 rings (SSSR count). The first-order valence-corrected chi connectivity index (χ1v) is 6.61. The van der Waals surface area contributed by atoms with Gasteiger partial charge in [-0.25, -0.2) is 9.59 Å². The minimum absolute atomic E-state index is 0.222. The Morgan fingerprint density at radius 3 is 1.68 bits per heavy atom. The molecular weight excluding hydrogens is 284 g/mol. The molecule has 0 saturated carbocycles. The summed E-state index contributed by atoms with van der Waals surface area (Å²) in [6.45, 7) is 0. The molecule has 0 aliphatic rings. The number of hydrogen-bond acceptors (Lipinski definition) is 4. The van der Waals surface area contributed by atoms with Crippen molar-refractivity contribution in [2.24, 2.45) is 0 Å². The fourth-order valence-corrected chi connectivity index (χ4v) is 2.18. The third-order valence-corrected chi connectivity index (χ3v) is 3.33. The van der Waals surface area contributed by atoms with E-state index < -0.39 is 11.9 Å². The van der Waals surface area contributed by atoms with Crippen LogP contribution in [0.1, 0.15) is 37.9 Å². The number of benzene rings is 2. The van der Waals surface area contributed by atoms with Crippen LogP contribution in [0.15, 0.2) is 48.5 Å². The zero-order valence-corrected chi connectivity index (χ0v) is 12.3. The Bertz CT molecular complexity index is 658.